The largest absolute Gasteiger partial charge is 0.494 e. The van der Waals surface area contributed by atoms with Gasteiger partial charge < -0.3 is 14.8 Å². The van der Waals surface area contributed by atoms with Gasteiger partial charge in [-0.1, -0.05) is 31.2 Å². The van der Waals surface area contributed by atoms with Gasteiger partial charge in [0.15, 0.2) is 6.10 Å². The highest BCUT2D eigenvalue weighted by molar-refractivity contribution is 5.81. The summed E-state index contributed by atoms with van der Waals surface area (Å²) in [5, 5.41) is 3.00. The van der Waals surface area contributed by atoms with E-state index in [2.05, 4.69) is 17.4 Å². The summed E-state index contributed by atoms with van der Waals surface area (Å²) >= 11 is 0. The molecule has 4 heteroatoms. The topological polar surface area (TPSA) is 47.6 Å². The Morgan fingerprint density at radius 1 is 1.07 bits per heavy atom. The van der Waals surface area contributed by atoms with Crippen LogP contribution >= 0.6 is 0 Å². The molecule has 0 unspecified atom stereocenters. The first-order chi connectivity index (χ1) is 13.0. The van der Waals surface area contributed by atoms with Crippen LogP contribution in [0.4, 0.5) is 0 Å². The molecule has 0 bridgehead atoms. The first kappa shape index (κ1) is 20.8. The number of hydrogen-bond acceptors (Lipinski definition) is 3. The van der Waals surface area contributed by atoms with Crippen LogP contribution < -0.4 is 14.8 Å². The first-order valence-corrected chi connectivity index (χ1v) is 9.76. The van der Waals surface area contributed by atoms with E-state index in [0.717, 1.165) is 35.5 Å². The zero-order valence-corrected chi connectivity index (χ0v) is 16.9. The number of aryl methyl sites for hydroxylation is 3. The van der Waals surface area contributed by atoms with Crippen molar-refractivity contribution in [1.29, 1.82) is 0 Å². The lowest BCUT2D eigenvalue weighted by Gasteiger charge is -2.19. The molecule has 1 atom stereocenters. The summed E-state index contributed by atoms with van der Waals surface area (Å²) in [4.78, 5) is 12.5. The Labute approximate surface area is 162 Å². The van der Waals surface area contributed by atoms with E-state index in [1.807, 2.05) is 58.0 Å². The molecule has 2 rings (SSSR count). The number of hydrogen-bond donors (Lipinski definition) is 1. The second-order valence-electron chi connectivity index (χ2n) is 6.76. The summed E-state index contributed by atoms with van der Waals surface area (Å²) < 4.78 is 11.4. The van der Waals surface area contributed by atoms with Gasteiger partial charge in [0, 0.05) is 6.54 Å². The van der Waals surface area contributed by atoms with Gasteiger partial charge in [-0.05, 0) is 74.9 Å². The van der Waals surface area contributed by atoms with E-state index >= 15 is 0 Å². The third-order valence-electron chi connectivity index (χ3n) is 4.45. The highest BCUT2D eigenvalue weighted by Gasteiger charge is 2.18. The Bertz CT molecular complexity index is 725. The van der Waals surface area contributed by atoms with Crippen molar-refractivity contribution in [2.45, 2.75) is 53.1 Å². The maximum Gasteiger partial charge on any atom is 0.261 e. The SMILES string of the molecule is CCOc1ccc(CCCNC(=O)[C@@H](CC)Oc2cc(C)ccc2C)cc1. The fourth-order valence-electron chi connectivity index (χ4n) is 2.85. The molecule has 0 heterocycles. The molecule has 0 aromatic heterocycles. The van der Waals surface area contributed by atoms with E-state index in [0.29, 0.717) is 19.6 Å². The van der Waals surface area contributed by atoms with Crippen molar-refractivity contribution in [1.82, 2.24) is 5.32 Å². The summed E-state index contributed by atoms with van der Waals surface area (Å²) in [6, 6.07) is 14.2. The lowest BCUT2D eigenvalue weighted by atomic mass is 10.1. The van der Waals surface area contributed by atoms with Gasteiger partial charge >= 0.3 is 0 Å². The van der Waals surface area contributed by atoms with Gasteiger partial charge in [0.05, 0.1) is 6.61 Å². The number of benzene rings is 2. The highest BCUT2D eigenvalue weighted by atomic mass is 16.5. The van der Waals surface area contributed by atoms with Crippen LogP contribution in [-0.2, 0) is 11.2 Å². The van der Waals surface area contributed by atoms with Gasteiger partial charge in [-0.3, -0.25) is 4.79 Å². The lowest BCUT2D eigenvalue weighted by Crippen LogP contribution is -2.38. The quantitative estimate of drug-likeness (QED) is 0.622. The van der Waals surface area contributed by atoms with Crippen LogP contribution in [-0.4, -0.2) is 25.2 Å². The maximum absolute atomic E-state index is 12.5. The molecule has 1 N–H and O–H groups in total. The third-order valence-corrected chi connectivity index (χ3v) is 4.45. The second kappa shape index (κ2) is 10.6. The molecule has 0 aliphatic heterocycles. The number of carbonyl (C=O) groups excluding carboxylic acids is 1. The fraction of sp³-hybridized carbons (Fsp3) is 0.435. The minimum atomic E-state index is -0.462. The van der Waals surface area contributed by atoms with Crippen molar-refractivity contribution in [3.8, 4) is 11.5 Å². The van der Waals surface area contributed by atoms with Gasteiger partial charge in [0.2, 0.25) is 0 Å². The number of amides is 1. The molecule has 0 aliphatic rings. The summed E-state index contributed by atoms with van der Waals surface area (Å²) in [6.45, 7) is 9.27. The third kappa shape index (κ3) is 6.63. The molecule has 0 aliphatic carbocycles. The Morgan fingerprint density at radius 2 is 1.81 bits per heavy atom. The Kier molecular flexibility index (Phi) is 8.18. The summed E-state index contributed by atoms with van der Waals surface area (Å²) in [6.07, 6.45) is 1.98. The van der Waals surface area contributed by atoms with Crippen molar-refractivity contribution >= 4 is 5.91 Å². The molecular weight excluding hydrogens is 338 g/mol. The molecule has 1 amide bonds. The summed E-state index contributed by atoms with van der Waals surface area (Å²) in [5.74, 6) is 1.63. The predicted octanol–water partition coefficient (Wildman–Crippen LogP) is 4.61. The second-order valence-corrected chi connectivity index (χ2v) is 6.76. The van der Waals surface area contributed by atoms with Crippen molar-refractivity contribution in [3.05, 3.63) is 59.2 Å². The molecule has 4 nitrogen and oxygen atoms in total. The van der Waals surface area contributed by atoms with Crippen molar-refractivity contribution in [2.75, 3.05) is 13.2 Å². The average Bonchev–Trinajstić information content (AvgIpc) is 2.67. The molecule has 2 aromatic rings. The zero-order valence-electron chi connectivity index (χ0n) is 16.9. The monoisotopic (exact) mass is 369 g/mol. The van der Waals surface area contributed by atoms with Gasteiger partial charge in [0.1, 0.15) is 11.5 Å². The number of nitrogens with one attached hydrogen (secondary N) is 1. The van der Waals surface area contributed by atoms with Gasteiger partial charge in [-0.15, -0.1) is 0 Å². The molecule has 146 valence electrons. The molecule has 2 aromatic carbocycles. The van der Waals surface area contributed by atoms with E-state index < -0.39 is 6.10 Å². The zero-order chi connectivity index (χ0) is 19.6. The Hall–Kier alpha value is -2.49. The fourth-order valence-corrected chi connectivity index (χ4v) is 2.85. The van der Waals surface area contributed by atoms with E-state index in [1.54, 1.807) is 0 Å². The van der Waals surface area contributed by atoms with Crippen LogP contribution in [0.3, 0.4) is 0 Å². The van der Waals surface area contributed by atoms with Gasteiger partial charge in [-0.2, -0.15) is 0 Å². The van der Waals surface area contributed by atoms with Crippen LogP contribution in [0.1, 0.15) is 43.4 Å². The number of ether oxygens (including phenoxy) is 2. The van der Waals surface area contributed by atoms with Crippen molar-refractivity contribution in [2.24, 2.45) is 0 Å². The van der Waals surface area contributed by atoms with Crippen molar-refractivity contribution < 1.29 is 14.3 Å². The molecule has 27 heavy (non-hydrogen) atoms. The minimum absolute atomic E-state index is 0.0508. The smallest absolute Gasteiger partial charge is 0.261 e. The average molecular weight is 370 g/mol. The Morgan fingerprint density at radius 3 is 2.48 bits per heavy atom. The molecule has 0 saturated carbocycles. The first-order valence-electron chi connectivity index (χ1n) is 9.76. The van der Waals surface area contributed by atoms with Crippen LogP contribution in [0.5, 0.6) is 11.5 Å². The predicted molar refractivity (Wildman–Crippen MR) is 110 cm³/mol. The van der Waals surface area contributed by atoms with E-state index in [-0.39, 0.29) is 5.91 Å². The summed E-state index contributed by atoms with van der Waals surface area (Å²) in [5.41, 5.74) is 3.41. The maximum atomic E-state index is 12.5. The van der Waals surface area contributed by atoms with Crippen LogP contribution in [0.15, 0.2) is 42.5 Å². The number of carbonyl (C=O) groups is 1. The van der Waals surface area contributed by atoms with Crippen LogP contribution in [0.2, 0.25) is 0 Å². The molecular formula is C23H31NO3. The van der Waals surface area contributed by atoms with E-state index in [1.165, 1.54) is 5.56 Å². The van der Waals surface area contributed by atoms with Crippen LogP contribution in [0, 0.1) is 13.8 Å². The van der Waals surface area contributed by atoms with Crippen molar-refractivity contribution in [3.63, 3.8) is 0 Å². The normalized spacial score (nSPS) is 11.7. The van der Waals surface area contributed by atoms with Gasteiger partial charge in [-0.25, -0.2) is 0 Å². The van der Waals surface area contributed by atoms with E-state index in [9.17, 15) is 4.79 Å². The van der Waals surface area contributed by atoms with Gasteiger partial charge in [0.25, 0.3) is 5.91 Å². The standard InChI is InChI=1S/C23H31NO3/c1-5-21(27-22-16-17(3)9-10-18(22)4)23(25)24-15-7-8-19-11-13-20(14-12-19)26-6-2/h9-14,16,21H,5-8,15H2,1-4H3,(H,24,25)/t21-/m1/s1. The molecule has 0 spiro atoms. The molecule has 0 fully saturated rings. The van der Waals surface area contributed by atoms with E-state index in [4.69, 9.17) is 9.47 Å². The molecule has 0 saturated heterocycles. The lowest BCUT2D eigenvalue weighted by molar-refractivity contribution is -0.128. The Balaban J connectivity index is 1.78. The minimum Gasteiger partial charge on any atom is -0.494 e. The number of rotatable bonds is 10. The van der Waals surface area contributed by atoms with Crippen LogP contribution in [0.25, 0.3) is 0 Å². The molecule has 0 radical (unpaired) electrons. The highest BCUT2D eigenvalue weighted by Crippen LogP contribution is 2.21. The summed E-state index contributed by atoms with van der Waals surface area (Å²) in [7, 11) is 0.